The van der Waals surface area contributed by atoms with Crippen molar-refractivity contribution in [3.63, 3.8) is 0 Å². The van der Waals surface area contributed by atoms with Crippen LogP contribution in [0.1, 0.15) is 37.9 Å². The Bertz CT molecular complexity index is 459. The Balaban J connectivity index is 1.53. The van der Waals surface area contributed by atoms with E-state index in [0.717, 1.165) is 25.7 Å². The minimum Gasteiger partial charge on any atom is -0.314 e. The number of rotatable bonds is 3. The van der Waals surface area contributed by atoms with Gasteiger partial charge in [0.15, 0.2) is 0 Å². The van der Waals surface area contributed by atoms with Crippen molar-refractivity contribution >= 4 is 11.3 Å². The molecule has 1 aromatic rings. The van der Waals surface area contributed by atoms with Crippen LogP contribution < -0.4 is 5.32 Å². The fourth-order valence-electron chi connectivity index (χ4n) is 3.25. The average Bonchev–Trinajstić information content (AvgIpc) is 3.09. The number of hydrogen-bond acceptors (Lipinski definition) is 5. The number of nitrogens with zero attached hydrogens (tertiary/aromatic N) is 3. The Morgan fingerprint density at radius 1 is 1.29 bits per heavy atom. The van der Waals surface area contributed by atoms with E-state index in [1.165, 1.54) is 43.3 Å². The van der Waals surface area contributed by atoms with Gasteiger partial charge in [0, 0.05) is 62.7 Å². The molecule has 2 saturated heterocycles. The molecule has 0 aromatic carbocycles. The minimum absolute atomic E-state index is 0.178. The van der Waals surface area contributed by atoms with Crippen LogP contribution in [0.2, 0.25) is 0 Å². The maximum atomic E-state index is 4.84. The molecule has 21 heavy (non-hydrogen) atoms. The first-order valence-electron chi connectivity index (χ1n) is 8.14. The van der Waals surface area contributed by atoms with Crippen molar-refractivity contribution in [2.75, 3.05) is 39.3 Å². The quantitative estimate of drug-likeness (QED) is 0.924. The normalized spacial score (nSPS) is 25.6. The molecule has 3 heterocycles. The van der Waals surface area contributed by atoms with Gasteiger partial charge in [0.05, 0.1) is 10.7 Å². The molecule has 5 heteroatoms. The van der Waals surface area contributed by atoms with Gasteiger partial charge in [0.2, 0.25) is 0 Å². The van der Waals surface area contributed by atoms with Crippen LogP contribution in [0.15, 0.2) is 5.38 Å². The Hall–Kier alpha value is -0.490. The molecule has 0 amide bonds. The van der Waals surface area contributed by atoms with E-state index in [1.54, 1.807) is 0 Å². The molecule has 2 aliphatic rings. The van der Waals surface area contributed by atoms with Crippen LogP contribution in [0, 0.1) is 0 Å². The zero-order valence-electron chi connectivity index (χ0n) is 13.6. The lowest BCUT2D eigenvalue weighted by Gasteiger charge is -2.32. The largest absolute Gasteiger partial charge is 0.314 e. The van der Waals surface area contributed by atoms with Crippen LogP contribution in [0.3, 0.4) is 0 Å². The van der Waals surface area contributed by atoms with Gasteiger partial charge in [-0.05, 0) is 6.42 Å². The van der Waals surface area contributed by atoms with E-state index in [9.17, 15) is 0 Å². The minimum atomic E-state index is 0.178. The lowest BCUT2D eigenvalue weighted by Crippen LogP contribution is -2.49. The lowest BCUT2D eigenvalue weighted by atomic mass is 9.98. The molecule has 3 rings (SSSR count). The average molecular weight is 308 g/mol. The summed E-state index contributed by atoms with van der Waals surface area (Å²) in [6, 6.07) is 0.757. The summed E-state index contributed by atoms with van der Waals surface area (Å²) in [7, 11) is 0. The van der Waals surface area contributed by atoms with Gasteiger partial charge >= 0.3 is 0 Å². The van der Waals surface area contributed by atoms with Crippen LogP contribution in [0.4, 0.5) is 0 Å². The smallest absolute Gasteiger partial charge is 0.0982 e. The van der Waals surface area contributed by atoms with Gasteiger partial charge in [-0.1, -0.05) is 20.8 Å². The third-order valence-electron chi connectivity index (χ3n) is 4.49. The number of hydrogen-bond donors (Lipinski definition) is 1. The fraction of sp³-hybridized carbons (Fsp3) is 0.812. The molecule has 1 atom stereocenters. The summed E-state index contributed by atoms with van der Waals surface area (Å²) >= 11 is 1.81. The lowest BCUT2D eigenvalue weighted by molar-refractivity contribution is 0.170. The van der Waals surface area contributed by atoms with E-state index in [0.29, 0.717) is 0 Å². The molecule has 1 unspecified atom stereocenters. The molecule has 0 aliphatic carbocycles. The van der Waals surface area contributed by atoms with Gasteiger partial charge in [-0.3, -0.25) is 9.80 Å². The van der Waals surface area contributed by atoms with Gasteiger partial charge in [-0.25, -0.2) is 4.98 Å². The van der Waals surface area contributed by atoms with Crippen LogP contribution in [0.25, 0.3) is 0 Å². The maximum absolute atomic E-state index is 4.84. The molecule has 0 spiro atoms. The van der Waals surface area contributed by atoms with E-state index in [1.807, 2.05) is 11.3 Å². The first-order chi connectivity index (χ1) is 10.0. The highest BCUT2D eigenvalue weighted by Gasteiger charge is 2.29. The van der Waals surface area contributed by atoms with E-state index in [4.69, 9.17) is 4.98 Å². The zero-order chi connectivity index (χ0) is 14.9. The summed E-state index contributed by atoms with van der Waals surface area (Å²) < 4.78 is 0. The summed E-state index contributed by atoms with van der Waals surface area (Å²) in [6.45, 7) is 14.9. The van der Waals surface area contributed by atoms with Crippen LogP contribution >= 0.6 is 11.3 Å². The van der Waals surface area contributed by atoms with E-state index in [2.05, 4.69) is 41.3 Å². The fourth-order valence-corrected chi connectivity index (χ4v) is 4.15. The van der Waals surface area contributed by atoms with E-state index in [-0.39, 0.29) is 5.41 Å². The van der Waals surface area contributed by atoms with Crippen molar-refractivity contribution in [1.82, 2.24) is 20.1 Å². The predicted molar refractivity (Wildman–Crippen MR) is 88.9 cm³/mol. The second-order valence-corrected chi connectivity index (χ2v) is 8.22. The standard InChI is InChI=1S/C16H28N4S/c1-16(2,3)15-18-13(12-21-15)10-19-7-4-14(11-19)20-8-5-17-6-9-20/h12,14,17H,4-11H2,1-3H3. The molecule has 4 nitrogen and oxygen atoms in total. The second-order valence-electron chi connectivity index (χ2n) is 7.36. The first-order valence-corrected chi connectivity index (χ1v) is 9.02. The number of piperazine rings is 1. The monoisotopic (exact) mass is 308 g/mol. The molecule has 0 radical (unpaired) electrons. The summed E-state index contributed by atoms with van der Waals surface area (Å²) in [5.74, 6) is 0. The number of likely N-dealkylation sites (tertiary alicyclic amines) is 1. The van der Waals surface area contributed by atoms with Crippen molar-refractivity contribution in [2.45, 2.75) is 45.2 Å². The zero-order valence-corrected chi connectivity index (χ0v) is 14.4. The number of nitrogens with one attached hydrogen (secondary N) is 1. The summed E-state index contributed by atoms with van der Waals surface area (Å²) in [4.78, 5) is 10.1. The Morgan fingerprint density at radius 2 is 2.05 bits per heavy atom. The van der Waals surface area contributed by atoms with Crippen LogP contribution in [0.5, 0.6) is 0 Å². The van der Waals surface area contributed by atoms with Crippen LogP contribution in [-0.4, -0.2) is 60.1 Å². The van der Waals surface area contributed by atoms with Gasteiger partial charge in [-0.2, -0.15) is 0 Å². The van der Waals surface area contributed by atoms with Crippen molar-refractivity contribution in [2.24, 2.45) is 0 Å². The first kappa shape index (κ1) is 15.4. The van der Waals surface area contributed by atoms with Gasteiger partial charge < -0.3 is 5.32 Å². The highest BCUT2D eigenvalue weighted by Crippen LogP contribution is 2.26. The molecule has 2 aliphatic heterocycles. The molecule has 1 N–H and O–H groups in total. The number of aromatic nitrogens is 1. The Morgan fingerprint density at radius 3 is 2.71 bits per heavy atom. The molecule has 118 valence electrons. The summed E-state index contributed by atoms with van der Waals surface area (Å²) in [6.07, 6.45) is 1.32. The van der Waals surface area contributed by atoms with Gasteiger partial charge in [-0.15, -0.1) is 11.3 Å². The van der Waals surface area contributed by atoms with Crippen molar-refractivity contribution in [3.05, 3.63) is 16.1 Å². The second kappa shape index (κ2) is 6.32. The van der Waals surface area contributed by atoms with Crippen LogP contribution in [-0.2, 0) is 12.0 Å². The topological polar surface area (TPSA) is 31.4 Å². The highest BCUT2D eigenvalue weighted by molar-refractivity contribution is 7.09. The van der Waals surface area contributed by atoms with E-state index < -0.39 is 0 Å². The molecule has 1 aromatic heterocycles. The molecule has 2 fully saturated rings. The SMILES string of the molecule is CC(C)(C)c1nc(CN2CCC(N3CCNCC3)C2)cs1. The number of thiazole rings is 1. The van der Waals surface area contributed by atoms with Crippen molar-refractivity contribution in [1.29, 1.82) is 0 Å². The third-order valence-corrected chi connectivity index (χ3v) is 5.81. The summed E-state index contributed by atoms with van der Waals surface area (Å²) in [5.41, 5.74) is 1.43. The molecular formula is C16H28N4S. The predicted octanol–water partition coefficient (Wildman–Crippen LogP) is 1.92. The Labute approximate surface area is 132 Å². The van der Waals surface area contributed by atoms with Crippen molar-refractivity contribution in [3.8, 4) is 0 Å². The highest BCUT2D eigenvalue weighted by atomic mass is 32.1. The molecular weight excluding hydrogens is 280 g/mol. The Kier molecular flexibility index (Phi) is 4.64. The summed E-state index contributed by atoms with van der Waals surface area (Å²) in [5, 5.41) is 6.95. The van der Waals surface area contributed by atoms with E-state index >= 15 is 0 Å². The molecule has 0 saturated carbocycles. The maximum Gasteiger partial charge on any atom is 0.0982 e. The van der Waals surface area contributed by atoms with Gasteiger partial charge in [0.1, 0.15) is 0 Å². The van der Waals surface area contributed by atoms with Gasteiger partial charge in [0.25, 0.3) is 0 Å². The third kappa shape index (κ3) is 3.83. The van der Waals surface area contributed by atoms with Crippen molar-refractivity contribution < 1.29 is 0 Å². The molecule has 0 bridgehead atoms.